The van der Waals surface area contributed by atoms with Gasteiger partial charge >= 0.3 is 0 Å². The van der Waals surface area contributed by atoms with Gasteiger partial charge in [0.25, 0.3) is 0 Å². The van der Waals surface area contributed by atoms with Crippen LogP contribution in [0.1, 0.15) is 30.1 Å². The third kappa shape index (κ3) is 4.03. The van der Waals surface area contributed by atoms with Gasteiger partial charge in [-0.15, -0.1) is 5.10 Å². The predicted molar refractivity (Wildman–Crippen MR) is 109 cm³/mol. The minimum Gasteiger partial charge on any atom is -0.493 e. The van der Waals surface area contributed by atoms with Gasteiger partial charge in [-0.3, -0.25) is 0 Å². The molecule has 3 heterocycles. The number of likely N-dealkylation sites (N-methyl/N-ethyl adjacent to an activating group) is 1. The second kappa shape index (κ2) is 9.27. The lowest BCUT2D eigenvalue weighted by Crippen LogP contribution is -3.28. The molecule has 0 bridgehead atoms. The van der Waals surface area contributed by atoms with Gasteiger partial charge in [-0.1, -0.05) is 6.07 Å². The molecule has 1 aromatic carbocycles. The zero-order chi connectivity index (χ0) is 20.9. The van der Waals surface area contributed by atoms with Crippen molar-refractivity contribution in [3.05, 3.63) is 53.7 Å². The van der Waals surface area contributed by atoms with Gasteiger partial charge in [-0.25, -0.2) is 4.68 Å². The van der Waals surface area contributed by atoms with Crippen LogP contribution in [0.3, 0.4) is 0 Å². The molecule has 4 rings (SSSR count). The molecule has 2 aromatic heterocycles. The van der Waals surface area contributed by atoms with Crippen molar-refractivity contribution in [1.29, 1.82) is 0 Å². The summed E-state index contributed by atoms with van der Waals surface area (Å²) in [5.41, 5.74) is 1.03. The van der Waals surface area contributed by atoms with Gasteiger partial charge in [0.1, 0.15) is 38.5 Å². The van der Waals surface area contributed by atoms with Crippen molar-refractivity contribution in [3.8, 4) is 11.5 Å². The predicted octanol–water partition coefficient (Wildman–Crippen LogP) is -0.776. The number of nitrogens with one attached hydrogen (secondary N) is 2. The molecule has 1 aliphatic rings. The van der Waals surface area contributed by atoms with Crippen LogP contribution in [-0.2, 0) is 6.54 Å². The third-order valence-electron chi connectivity index (χ3n) is 5.96. The standard InChI is InChI=1S/C21H28N6O3/c1-4-25-10-12-26(13-11-25)19(17-8-5-9-18(28-2)20(17)29-3)21-22-23-24-27(21)15-16-7-6-14-30-16/h5-9,14,19H,4,10-13,15H2,1-3H3/p+2/t19-/m0/s1. The maximum atomic E-state index is 5.79. The summed E-state index contributed by atoms with van der Waals surface area (Å²) in [6, 6.07) is 9.74. The van der Waals surface area contributed by atoms with Gasteiger partial charge in [0.15, 0.2) is 17.5 Å². The summed E-state index contributed by atoms with van der Waals surface area (Å²) in [5, 5.41) is 12.7. The molecule has 1 atom stereocenters. The van der Waals surface area contributed by atoms with Crippen LogP contribution in [0.15, 0.2) is 41.0 Å². The minimum atomic E-state index is -0.0709. The molecule has 1 aliphatic heterocycles. The number of quaternary nitrogens is 2. The van der Waals surface area contributed by atoms with E-state index in [0.29, 0.717) is 12.3 Å². The van der Waals surface area contributed by atoms with E-state index >= 15 is 0 Å². The van der Waals surface area contributed by atoms with E-state index in [0.717, 1.165) is 55.6 Å². The molecule has 0 amide bonds. The Balaban J connectivity index is 1.75. The average Bonchev–Trinajstić information content (AvgIpc) is 3.47. The van der Waals surface area contributed by atoms with Gasteiger partial charge in [0.2, 0.25) is 5.82 Å². The Labute approximate surface area is 176 Å². The van der Waals surface area contributed by atoms with Crippen molar-refractivity contribution in [1.82, 2.24) is 20.2 Å². The number of aromatic nitrogens is 4. The molecule has 1 fully saturated rings. The number of rotatable bonds is 8. The molecule has 9 nitrogen and oxygen atoms in total. The number of piperazine rings is 1. The fourth-order valence-corrected chi connectivity index (χ4v) is 4.33. The lowest BCUT2D eigenvalue weighted by Gasteiger charge is -2.34. The average molecular weight is 415 g/mol. The largest absolute Gasteiger partial charge is 0.493 e. The highest BCUT2D eigenvalue weighted by Gasteiger charge is 2.37. The highest BCUT2D eigenvalue weighted by molar-refractivity contribution is 5.48. The number of furan rings is 1. The van der Waals surface area contributed by atoms with Crippen LogP contribution in [-0.4, -0.2) is 67.2 Å². The Hall–Kier alpha value is -2.91. The Morgan fingerprint density at radius 3 is 2.60 bits per heavy atom. The number of nitrogens with zero attached hydrogens (tertiary/aromatic N) is 4. The van der Waals surface area contributed by atoms with E-state index < -0.39 is 0 Å². The highest BCUT2D eigenvalue weighted by atomic mass is 16.5. The second-order valence-corrected chi connectivity index (χ2v) is 7.55. The molecule has 0 spiro atoms. The molecular formula is C21H30N6O3+2. The number of ether oxygens (including phenoxy) is 2. The normalized spacial score (nSPS) is 20.1. The maximum absolute atomic E-state index is 5.79. The van der Waals surface area contributed by atoms with Crippen LogP contribution in [0.5, 0.6) is 11.5 Å². The molecule has 9 heteroatoms. The van der Waals surface area contributed by atoms with Crippen molar-refractivity contribution in [2.75, 3.05) is 46.9 Å². The first-order chi connectivity index (χ1) is 14.7. The summed E-state index contributed by atoms with van der Waals surface area (Å²) in [7, 11) is 3.34. The fourth-order valence-electron chi connectivity index (χ4n) is 4.33. The highest BCUT2D eigenvalue weighted by Crippen LogP contribution is 2.35. The van der Waals surface area contributed by atoms with E-state index in [1.54, 1.807) is 25.4 Å². The first kappa shape index (κ1) is 20.4. The van der Waals surface area contributed by atoms with Crippen molar-refractivity contribution in [2.45, 2.75) is 19.5 Å². The van der Waals surface area contributed by atoms with Crippen molar-refractivity contribution in [2.24, 2.45) is 0 Å². The molecule has 160 valence electrons. The molecule has 3 aromatic rings. The van der Waals surface area contributed by atoms with Gasteiger partial charge in [0.05, 0.1) is 32.6 Å². The maximum Gasteiger partial charge on any atom is 0.214 e. The monoisotopic (exact) mass is 414 g/mol. The number of methoxy groups -OCH3 is 2. The Morgan fingerprint density at radius 2 is 1.93 bits per heavy atom. The van der Waals surface area contributed by atoms with Crippen LogP contribution < -0.4 is 19.3 Å². The molecular weight excluding hydrogens is 384 g/mol. The van der Waals surface area contributed by atoms with Crippen LogP contribution >= 0.6 is 0 Å². The quantitative estimate of drug-likeness (QED) is 0.503. The van der Waals surface area contributed by atoms with Crippen molar-refractivity contribution >= 4 is 0 Å². The Bertz CT molecular complexity index is 934. The van der Waals surface area contributed by atoms with E-state index in [1.807, 2.05) is 28.9 Å². The third-order valence-corrected chi connectivity index (χ3v) is 5.96. The number of tetrazole rings is 1. The Morgan fingerprint density at radius 1 is 1.10 bits per heavy atom. The topological polar surface area (TPSA) is 84.1 Å². The van der Waals surface area contributed by atoms with Gasteiger partial charge in [-0.05, 0) is 41.6 Å². The van der Waals surface area contributed by atoms with E-state index in [-0.39, 0.29) is 6.04 Å². The smallest absolute Gasteiger partial charge is 0.214 e. The van der Waals surface area contributed by atoms with Crippen LogP contribution in [0.4, 0.5) is 0 Å². The summed E-state index contributed by atoms with van der Waals surface area (Å²) in [5.74, 6) is 3.06. The Kier molecular flexibility index (Phi) is 6.29. The lowest BCUT2D eigenvalue weighted by molar-refractivity contribution is -1.02. The molecule has 2 N–H and O–H groups in total. The minimum absolute atomic E-state index is 0.0709. The van der Waals surface area contributed by atoms with Gasteiger partial charge in [0, 0.05) is 0 Å². The first-order valence-electron chi connectivity index (χ1n) is 10.4. The summed E-state index contributed by atoms with van der Waals surface area (Å²) < 4.78 is 18.7. The number of hydrogen-bond acceptors (Lipinski definition) is 6. The van der Waals surface area contributed by atoms with E-state index in [2.05, 4.69) is 28.5 Å². The summed E-state index contributed by atoms with van der Waals surface area (Å²) in [6.45, 7) is 8.17. The van der Waals surface area contributed by atoms with E-state index in [1.165, 1.54) is 4.90 Å². The van der Waals surface area contributed by atoms with Crippen molar-refractivity contribution < 1.29 is 23.7 Å². The van der Waals surface area contributed by atoms with E-state index in [4.69, 9.17) is 13.9 Å². The summed E-state index contributed by atoms with van der Waals surface area (Å²) >= 11 is 0. The van der Waals surface area contributed by atoms with Gasteiger partial charge < -0.3 is 23.7 Å². The molecule has 0 radical (unpaired) electrons. The first-order valence-corrected chi connectivity index (χ1v) is 10.4. The van der Waals surface area contributed by atoms with Crippen LogP contribution in [0.25, 0.3) is 0 Å². The number of hydrogen-bond donors (Lipinski definition) is 2. The number of para-hydroxylation sites is 1. The zero-order valence-corrected chi connectivity index (χ0v) is 17.8. The van der Waals surface area contributed by atoms with Crippen LogP contribution in [0, 0.1) is 0 Å². The SMILES string of the molecule is CC[NH+]1CC[NH+]([C@@H](c2cccc(OC)c2OC)c2nnnn2Cc2ccco2)CC1. The molecule has 30 heavy (non-hydrogen) atoms. The lowest BCUT2D eigenvalue weighted by atomic mass is 10.0. The second-order valence-electron chi connectivity index (χ2n) is 7.55. The zero-order valence-electron chi connectivity index (χ0n) is 17.8. The van der Waals surface area contributed by atoms with E-state index in [9.17, 15) is 0 Å². The summed E-state index contributed by atoms with van der Waals surface area (Å²) in [6.07, 6.45) is 1.67. The van der Waals surface area contributed by atoms with Crippen molar-refractivity contribution in [3.63, 3.8) is 0 Å². The van der Waals surface area contributed by atoms with Gasteiger partial charge in [-0.2, -0.15) is 0 Å². The molecule has 0 aliphatic carbocycles. The molecule has 0 unspecified atom stereocenters. The number of benzene rings is 1. The molecule has 1 saturated heterocycles. The van der Waals surface area contributed by atoms with Crippen LogP contribution in [0.2, 0.25) is 0 Å². The molecule has 0 saturated carbocycles. The fraction of sp³-hybridized carbons (Fsp3) is 0.476. The summed E-state index contributed by atoms with van der Waals surface area (Å²) in [4.78, 5) is 3.06.